The van der Waals surface area contributed by atoms with Crippen LogP contribution in [0, 0.1) is 20.8 Å². The van der Waals surface area contributed by atoms with E-state index < -0.39 is 0 Å². The van der Waals surface area contributed by atoms with Crippen LogP contribution in [0.4, 0.5) is 5.95 Å². The van der Waals surface area contributed by atoms with Gasteiger partial charge in [0.2, 0.25) is 11.9 Å². The Morgan fingerprint density at radius 3 is 2.59 bits per heavy atom. The summed E-state index contributed by atoms with van der Waals surface area (Å²) >= 11 is 1.61. The number of benzene rings is 2. The van der Waals surface area contributed by atoms with Crippen LogP contribution in [0.25, 0.3) is 21.6 Å². The minimum atomic E-state index is -0.129. The van der Waals surface area contributed by atoms with Gasteiger partial charge in [-0.15, -0.1) is 11.3 Å². The van der Waals surface area contributed by atoms with E-state index in [4.69, 9.17) is 0 Å². The molecule has 0 aliphatic rings. The van der Waals surface area contributed by atoms with Crippen LogP contribution in [0.15, 0.2) is 42.5 Å². The second-order valence-corrected chi connectivity index (χ2v) is 7.86. The minimum Gasteiger partial charge on any atom is -0.324 e. The molecule has 2 aromatic carbocycles. The maximum Gasteiger partial charge on any atom is 0.232 e. The van der Waals surface area contributed by atoms with Crippen LogP contribution >= 0.6 is 11.3 Å². The highest BCUT2D eigenvalue weighted by atomic mass is 32.1. The van der Waals surface area contributed by atoms with Crippen molar-refractivity contribution in [3.05, 3.63) is 64.2 Å². The van der Waals surface area contributed by atoms with Crippen molar-refractivity contribution in [2.24, 2.45) is 0 Å². The van der Waals surface area contributed by atoms with E-state index in [0.29, 0.717) is 5.95 Å². The Morgan fingerprint density at radius 1 is 1.07 bits per heavy atom. The number of rotatable bonds is 4. The van der Waals surface area contributed by atoms with Gasteiger partial charge in [-0.2, -0.15) is 0 Å². The molecule has 2 N–H and O–H groups in total. The van der Waals surface area contributed by atoms with Gasteiger partial charge in [0.05, 0.1) is 23.1 Å². The lowest BCUT2D eigenvalue weighted by atomic mass is 10.1. The van der Waals surface area contributed by atoms with Crippen LogP contribution in [0.3, 0.4) is 0 Å². The zero-order valence-electron chi connectivity index (χ0n) is 15.5. The van der Waals surface area contributed by atoms with Gasteiger partial charge in [-0.25, -0.2) is 9.97 Å². The number of carbonyl (C=O) groups excluding carboxylic acids is 1. The molecule has 0 unspecified atom stereocenters. The average molecular weight is 376 g/mol. The molecular formula is C21H20N4OS. The average Bonchev–Trinajstić information content (AvgIpc) is 3.19. The third kappa shape index (κ3) is 3.61. The molecule has 0 atom stereocenters. The van der Waals surface area contributed by atoms with Crippen molar-refractivity contribution in [2.45, 2.75) is 27.2 Å². The number of nitrogens with one attached hydrogen (secondary N) is 2. The Balaban J connectivity index is 1.51. The molecule has 2 heterocycles. The highest BCUT2D eigenvalue weighted by Crippen LogP contribution is 2.28. The number of thiazole rings is 1. The molecule has 2 aromatic heterocycles. The molecule has 136 valence electrons. The molecule has 0 bridgehead atoms. The number of anilines is 1. The highest BCUT2D eigenvalue weighted by Gasteiger charge is 2.14. The van der Waals surface area contributed by atoms with Crippen molar-refractivity contribution in [3.63, 3.8) is 0 Å². The van der Waals surface area contributed by atoms with E-state index in [-0.39, 0.29) is 12.3 Å². The summed E-state index contributed by atoms with van der Waals surface area (Å²) in [4.78, 5) is 25.8. The van der Waals surface area contributed by atoms with Gasteiger partial charge in [-0.3, -0.25) is 10.1 Å². The van der Waals surface area contributed by atoms with Gasteiger partial charge in [-0.1, -0.05) is 30.3 Å². The number of hydrogen-bond acceptors (Lipinski definition) is 4. The first-order valence-corrected chi connectivity index (χ1v) is 9.60. The number of aromatic amines is 1. The van der Waals surface area contributed by atoms with Crippen LogP contribution in [0.5, 0.6) is 0 Å². The zero-order chi connectivity index (χ0) is 19.0. The lowest BCUT2D eigenvalue weighted by Crippen LogP contribution is -2.16. The first-order valence-electron chi connectivity index (χ1n) is 8.78. The van der Waals surface area contributed by atoms with E-state index in [2.05, 4.69) is 34.1 Å². The quantitative estimate of drug-likeness (QED) is 0.538. The summed E-state index contributed by atoms with van der Waals surface area (Å²) in [5, 5.41) is 3.79. The lowest BCUT2D eigenvalue weighted by Gasteiger charge is -2.00. The number of imidazole rings is 1. The zero-order valence-corrected chi connectivity index (χ0v) is 16.3. The third-order valence-electron chi connectivity index (χ3n) is 4.60. The number of carbonyl (C=O) groups is 1. The summed E-state index contributed by atoms with van der Waals surface area (Å²) in [7, 11) is 0. The van der Waals surface area contributed by atoms with Gasteiger partial charge >= 0.3 is 0 Å². The number of amides is 1. The number of nitrogens with zero attached hydrogens (tertiary/aromatic N) is 2. The molecule has 0 saturated carbocycles. The van der Waals surface area contributed by atoms with Crippen molar-refractivity contribution < 1.29 is 4.79 Å². The van der Waals surface area contributed by atoms with Crippen LogP contribution < -0.4 is 5.32 Å². The van der Waals surface area contributed by atoms with Gasteiger partial charge in [0, 0.05) is 10.4 Å². The minimum absolute atomic E-state index is 0.129. The topological polar surface area (TPSA) is 70.7 Å². The Morgan fingerprint density at radius 2 is 1.81 bits per heavy atom. The fourth-order valence-corrected chi connectivity index (χ4v) is 3.89. The fraction of sp³-hybridized carbons (Fsp3) is 0.190. The summed E-state index contributed by atoms with van der Waals surface area (Å²) in [5.41, 5.74) is 6.02. The molecule has 4 rings (SSSR count). The summed E-state index contributed by atoms with van der Waals surface area (Å²) in [6, 6.07) is 14.1. The molecule has 5 nitrogen and oxygen atoms in total. The number of fused-ring (bicyclic) bond motifs is 1. The van der Waals surface area contributed by atoms with E-state index in [1.165, 1.54) is 11.1 Å². The van der Waals surface area contributed by atoms with E-state index in [0.717, 1.165) is 32.2 Å². The van der Waals surface area contributed by atoms with E-state index in [1.807, 2.05) is 49.4 Å². The SMILES string of the molecule is Cc1cc2nc(NC(=O)Cc3nc(-c4ccccc4)sc3C)[nH]c2cc1C. The molecule has 0 saturated heterocycles. The molecule has 0 aliphatic carbocycles. The van der Waals surface area contributed by atoms with Gasteiger partial charge in [0.15, 0.2) is 0 Å². The van der Waals surface area contributed by atoms with Gasteiger partial charge in [-0.05, 0) is 44.0 Å². The first kappa shape index (κ1) is 17.4. The largest absolute Gasteiger partial charge is 0.324 e. The molecule has 1 amide bonds. The molecule has 4 aromatic rings. The number of aromatic nitrogens is 3. The van der Waals surface area contributed by atoms with Gasteiger partial charge < -0.3 is 4.98 Å². The van der Waals surface area contributed by atoms with Crippen molar-refractivity contribution in [1.29, 1.82) is 0 Å². The Kier molecular flexibility index (Phi) is 4.49. The first-order chi connectivity index (χ1) is 13.0. The molecule has 0 spiro atoms. The maximum absolute atomic E-state index is 12.5. The Hall–Kier alpha value is -2.99. The number of aryl methyl sites for hydroxylation is 3. The molecule has 6 heteroatoms. The number of H-pyrrole nitrogens is 1. The van der Waals surface area contributed by atoms with Crippen molar-refractivity contribution >= 4 is 34.2 Å². The smallest absolute Gasteiger partial charge is 0.232 e. The summed E-state index contributed by atoms with van der Waals surface area (Å²) in [6.07, 6.45) is 0.226. The predicted octanol–water partition coefficient (Wildman–Crippen LogP) is 4.79. The lowest BCUT2D eigenvalue weighted by molar-refractivity contribution is -0.115. The highest BCUT2D eigenvalue weighted by molar-refractivity contribution is 7.15. The van der Waals surface area contributed by atoms with Crippen molar-refractivity contribution in [3.8, 4) is 10.6 Å². The van der Waals surface area contributed by atoms with E-state index in [1.54, 1.807) is 11.3 Å². The second-order valence-electron chi connectivity index (χ2n) is 6.65. The fourth-order valence-electron chi connectivity index (χ4n) is 2.95. The van der Waals surface area contributed by atoms with Crippen LogP contribution in [0.1, 0.15) is 21.7 Å². The van der Waals surface area contributed by atoms with E-state index >= 15 is 0 Å². The normalized spacial score (nSPS) is 11.1. The van der Waals surface area contributed by atoms with Gasteiger partial charge in [0.25, 0.3) is 0 Å². The van der Waals surface area contributed by atoms with Crippen LogP contribution in [0.2, 0.25) is 0 Å². The van der Waals surface area contributed by atoms with Crippen LogP contribution in [-0.4, -0.2) is 20.9 Å². The molecule has 0 radical (unpaired) electrons. The third-order valence-corrected chi connectivity index (χ3v) is 5.66. The molecular weight excluding hydrogens is 356 g/mol. The molecule has 0 fully saturated rings. The Bertz CT molecular complexity index is 1090. The summed E-state index contributed by atoms with van der Waals surface area (Å²) in [5.74, 6) is 0.340. The molecule has 0 aliphatic heterocycles. The van der Waals surface area contributed by atoms with Gasteiger partial charge in [0.1, 0.15) is 5.01 Å². The Labute approximate surface area is 161 Å². The van der Waals surface area contributed by atoms with Crippen LogP contribution in [-0.2, 0) is 11.2 Å². The van der Waals surface area contributed by atoms with Crippen molar-refractivity contribution in [2.75, 3.05) is 5.32 Å². The summed E-state index contributed by atoms with van der Waals surface area (Å²) in [6.45, 7) is 6.11. The predicted molar refractivity (Wildman–Crippen MR) is 110 cm³/mol. The van der Waals surface area contributed by atoms with E-state index in [9.17, 15) is 4.79 Å². The van der Waals surface area contributed by atoms with Crippen molar-refractivity contribution in [1.82, 2.24) is 15.0 Å². The number of hydrogen-bond donors (Lipinski definition) is 2. The second kappa shape index (κ2) is 6.96. The summed E-state index contributed by atoms with van der Waals surface area (Å²) < 4.78 is 0. The maximum atomic E-state index is 12.5. The standard InChI is InChI=1S/C21H20N4OS/c1-12-9-17-18(10-13(12)2)24-21(23-17)25-19(26)11-16-14(3)27-20(22-16)15-7-5-4-6-8-15/h4-10H,11H2,1-3H3,(H2,23,24,25,26). The molecule has 27 heavy (non-hydrogen) atoms. The monoisotopic (exact) mass is 376 g/mol.